The summed E-state index contributed by atoms with van der Waals surface area (Å²) in [6.45, 7) is 7.63. The topological polar surface area (TPSA) is 12.9 Å². The van der Waals surface area contributed by atoms with Crippen LogP contribution >= 0.6 is 0 Å². The van der Waals surface area contributed by atoms with Gasteiger partial charge in [-0.25, -0.2) is 13.8 Å². The van der Waals surface area contributed by atoms with Crippen LogP contribution in [0.25, 0.3) is 22.2 Å². The van der Waals surface area contributed by atoms with E-state index in [0.717, 1.165) is 28.1 Å². The Morgan fingerprint density at radius 3 is 2.17 bits per heavy atom. The van der Waals surface area contributed by atoms with E-state index < -0.39 is 11.6 Å². The molecule has 1 heterocycles. The van der Waals surface area contributed by atoms with Crippen LogP contribution < -0.4 is 0 Å². The number of nitrogens with zero attached hydrogens (tertiary/aromatic N) is 1. The zero-order valence-corrected chi connectivity index (χ0v) is 13.2. The Hall–Kier alpha value is -2.81. The molecule has 0 amide bonds. The number of hydrogen-bond acceptors (Lipinski definition) is 1. The fraction of sp³-hybridized carbons (Fsp3) is 0.0952. The molecule has 0 aliphatic carbocycles. The van der Waals surface area contributed by atoms with Crippen molar-refractivity contribution < 1.29 is 8.78 Å². The van der Waals surface area contributed by atoms with Crippen LogP contribution in [0, 0.1) is 11.6 Å². The second-order valence-electron chi connectivity index (χ2n) is 5.58. The number of aromatic nitrogens is 1. The van der Waals surface area contributed by atoms with Gasteiger partial charge in [-0.05, 0) is 42.2 Å². The van der Waals surface area contributed by atoms with E-state index in [0.29, 0.717) is 24.1 Å². The number of para-hydroxylation sites is 1. The Bertz CT molecular complexity index is 908. The molecule has 2 aromatic carbocycles. The van der Waals surface area contributed by atoms with Gasteiger partial charge in [-0.2, -0.15) is 0 Å². The van der Waals surface area contributed by atoms with Gasteiger partial charge in [0.1, 0.15) is 11.6 Å². The minimum atomic E-state index is -0.616. The molecular formula is C21H17F2N. The molecule has 0 radical (unpaired) electrons. The van der Waals surface area contributed by atoms with E-state index in [-0.39, 0.29) is 0 Å². The van der Waals surface area contributed by atoms with Crippen molar-refractivity contribution in [2.24, 2.45) is 0 Å². The van der Waals surface area contributed by atoms with Crippen LogP contribution in [0.3, 0.4) is 0 Å². The molecule has 0 aliphatic rings. The Morgan fingerprint density at radius 2 is 1.50 bits per heavy atom. The molecule has 0 saturated heterocycles. The van der Waals surface area contributed by atoms with Gasteiger partial charge in [0.05, 0.1) is 11.2 Å². The predicted octanol–water partition coefficient (Wildman–Crippen LogP) is 5.64. The molecule has 0 unspecified atom stereocenters. The summed E-state index contributed by atoms with van der Waals surface area (Å²) in [4.78, 5) is 4.67. The predicted molar refractivity (Wildman–Crippen MR) is 94.9 cm³/mol. The van der Waals surface area contributed by atoms with E-state index in [9.17, 15) is 8.78 Å². The highest BCUT2D eigenvalue weighted by atomic mass is 19.1. The zero-order chi connectivity index (χ0) is 17.1. The average molecular weight is 321 g/mol. The molecule has 3 heteroatoms. The minimum Gasteiger partial charge on any atom is -0.247 e. The van der Waals surface area contributed by atoms with Gasteiger partial charge in [-0.15, -0.1) is 13.2 Å². The maximum Gasteiger partial charge on any atom is 0.126 e. The summed E-state index contributed by atoms with van der Waals surface area (Å²) < 4.78 is 27.4. The summed E-state index contributed by atoms with van der Waals surface area (Å²) >= 11 is 0. The third-order valence-corrected chi connectivity index (χ3v) is 3.94. The minimum absolute atomic E-state index is 0.431. The van der Waals surface area contributed by atoms with Crippen LogP contribution in [0.5, 0.6) is 0 Å². The standard InChI is InChI=1S/C21H17F2N/c1-3-7-17-18-9-5-6-10-20(18)24-21(19(17)8-4-2)14-11-15(22)13-16(23)12-14/h3-6,9-13H,1-2,7-8H2. The second kappa shape index (κ2) is 6.75. The van der Waals surface area contributed by atoms with E-state index in [2.05, 4.69) is 18.1 Å². The van der Waals surface area contributed by atoms with Gasteiger partial charge >= 0.3 is 0 Å². The van der Waals surface area contributed by atoms with Crippen molar-refractivity contribution in [3.8, 4) is 11.3 Å². The Balaban J connectivity index is 2.38. The molecule has 1 aromatic heterocycles. The third-order valence-electron chi connectivity index (χ3n) is 3.94. The number of halogens is 2. The summed E-state index contributed by atoms with van der Waals surface area (Å²) in [6, 6.07) is 11.2. The number of allylic oxidation sites excluding steroid dienone is 2. The molecule has 0 bridgehead atoms. The van der Waals surface area contributed by atoms with E-state index in [1.165, 1.54) is 12.1 Å². The molecule has 0 fully saturated rings. The first-order valence-electron chi connectivity index (χ1n) is 7.72. The van der Waals surface area contributed by atoms with Crippen LogP contribution in [0.4, 0.5) is 8.78 Å². The molecular weight excluding hydrogens is 304 g/mol. The average Bonchev–Trinajstić information content (AvgIpc) is 2.56. The van der Waals surface area contributed by atoms with Gasteiger partial charge in [0.2, 0.25) is 0 Å². The zero-order valence-electron chi connectivity index (χ0n) is 13.2. The van der Waals surface area contributed by atoms with E-state index >= 15 is 0 Å². The first-order chi connectivity index (χ1) is 11.6. The van der Waals surface area contributed by atoms with Gasteiger partial charge in [0, 0.05) is 17.0 Å². The molecule has 3 aromatic rings. The smallest absolute Gasteiger partial charge is 0.126 e. The first-order valence-corrected chi connectivity index (χ1v) is 7.72. The van der Waals surface area contributed by atoms with Crippen LogP contribution in [0.15, 0.2) is 67.8 Å². The molecule has 0 saturated carbocycles. The van der Waals surface area contributed by atoms with Crippen LogP contribution in [0.1, 0.15) is 11.1 Å². The van der Waals surface area contributed by atoms with Crippen molar-refractivity contribution in [3.63, 3.8) is 0 Å². The molecule has 0 N–H and O–H groups in total. The second-order valence-corrected chi connectivity index (χ2v) is 5.58. The summed E-state index contributed by atoms with van der Waals surface area (Å²) in [5, 5.41) is 1.02. The highest BCUT2D eigenvalue weighted by Gasteiger charge is 2.16. The van der Waals surface area contributed by atoms with Crippen LogP contribution in [-0.4, -0.2) is 4.98 Å². The summed E-state index contributed by atoms with van der Waals surface area (Å²) in [5.74, 6) is -1.23. The molecule has 0 aliphatic heterocycles. The first kappa shape index (κ1) is 16.1. The SMILES string of the molecule is C=CCc1c(-c2cc(F)cc(F)c2)nc2ccccc2c1CC=C. The fourth-order valence-corrected chi connectivity index (χ4v) is 2.99. The molecule has 3 rings (SSSR count). The van der Waals surface area contributed by atoms with Crippen molar-refractivity contribution in [1.82, 2.24) is 4.98 Å². The molecule has 1 nitrogen and oxygen atoms in total. The van der Waals surface area contributed by atoms with Gasteiger partial charge in [0.25, 0.3) is 0 Å². The van der Waals surface area contributed by atoms with Crippen molar-refractivity contribution in [2.45, 2.75) is 12.8 Å². The van der Waals surface area contributed by atoms with Crippen molar-refractivity contribution in [3.05, 3.63) is 90.5 Å². The van der Waals surface area contributed by atoms with Crippen molar-refractivity contribution in [1.29, 1.82) is 0 Å². The van der Waals surface area contributed by atoms with Crippen LogP contribution in [0.2, 0.25) is 0 Å². The normalized spacial score (nSPS) is 10.8. The van der Waals surface area contributed by atoms with Gasteiger partial charge < -0.3 is 0 Å². The van der Waals surface area contributed by atoms with E-state index in [4.69, 9.17) is 0 Å². The van der Waals surface area contributed by atoms with Crippen molar-refractivity contribution >= 4 is 10.9 Å². The Kier molecular flexibility index (Phi) is 4.52. The number of benzene rings is 2. The van der Waals surface area contributed by atoms with Gasteiger partial charge in [-0.1, -0.05) is 30.4 Å². The number of pyridine rings is 1. The van der Waals surface area contributed by atoms with Gasteiger partial charge in [0.15, 0.2) is 0 Å². The number of fused-ring (bicyclic) bond motifs is 1. The third kappa shape index (κ3) is 2.98. The van der Waals surface area contributed by atoms with E-state index in [1.54, 1.807) is 6.08 Å². The highest BCUT2D eigenvalue weighted by molar-refractivity contribution is 5.87. The monoisotopic (exact) mass is 321 g/mol. The van der Waals surface area contributed by atoms with Crippen LogP contribution in [-0.2, 0) is 12.8 Å². The lowest BCUT2D eigenvalue weighted by atomic mass is 9.93. The fourth-order valence-electron chi connectivity index (χ4n) is 2.99. The van der Waals surface area contributed by atoms with E-state index in [1.807, 2.05) is 30.3 Å². The quantitative estimate of drug-likeness (QED) is 0.554. The molecule has 0 atom stereocenters. The lowest BCUT2D eigenvalue weighted by Gasteiger charge is -2.16. The maximum absolute atomic E-state index is 13.7. The van der Waals surface area contributed by atoms with Gasteiger partial charge in [-0.3, -0.25) is 0 Å². The summed E-state index contributed by atoms with van der Waals surface area (Å²) in [6.07, 6.45) is 4.81. The summed E-state index contributed by atoms with van der Waals surface area (Å²) in [7, 11) is 0. The largest absolute Gasteiger partial charge is 0.247 e. The lowest BCUT2D eigenvalue weighted by Crippen LogP contribution is -2.01. The number of hydrogen-bond donors (Lipinski definition) is 0. The Morgan fingerprint density at radius 1 is 0.875 bits per heavy atom. The molecule has 24 heavy (non-hydrogen) atoms. The number of rotatable bonds is 5. The molecule has 120 valence electrons. The molecule has 0 spiro atoms. The highest BCUT2D eigenvalue weighted by Crippen LogP contribution is 2.32. The Labute approximate surface area is 140 Å². The lowest BCUT2D eigenvalue weighted by molar-refractivity contribution is 0.584. The van der Waals surface area contributed by atoms with Crippen molar-refractivity contribution in [2.75, 3.05) is 0 Å². The summed E-state index contributed by atoms with van der Waals surface area (Å²) in [5.41, 5.74) is 3.80. The maximum atomic E-state index is 13.7.